The summed E-state index contributed by atoms with van der Waals surface area (Å²) in [6.07, 6.45) is 0.510. The number of guanidine groups is 1. The summed E-state index contributed by atoms with van der Waals surface area (Å²) in [4.78, 5) is 7.06. The quantitative estimate of drug-likeness (QED) is 0.191. The third-order valence-corrected chi connectivity index (χ3v) is 6.93. The minimum Gasteiger partial charge on any atom is -0.356 e. The SMILES string of the molecule is CCN(CC)C(CNC(=NC)NCCCS(=O)(=O)c1ccccc1)c1ccccc1.I. The van der Waals surface area contributed by atoms with E-state index >= 15 is 0 Å². The lowest BCUT2D eigenvalue weighted by Crippen LogP contribution is -2.43. The van der Waals surface area contributed by atoms with Crippen LogP contribution < -0.4 is 10.6 Å². The molecule has 0 fully saturated rings. The maximum absolute atomic E-state index is 12.4. The van der Waals surface area contributed by atoms with Gasteiger partial charge in [-0.2, -0.15) is 0 Å². The zero-order valence-electron chi connectivity index (χ0n) is 18.6. The average Bonchev–Trinajstić information content (AvgIpc) is 2.79. The van der Waals surface area contributed by atoms with E-state index in [1.54, 1.807) is 31.3 Å². The largest absolute Gasteiger partial charge is 0.356 e. The Hall–Kier alpha value is -1.65. The number of likely N-dealkylation sites (N-methyl/N-ethyl adjacent to an activating group) is 1. The van der Waals surface area contributed by atoms with Gasteiger partial charge in [0.25, 0.3) is 0 Å². The topological polar surface area (TPSA) is 73.8 Å². The molecule has 2 aromatic rings. The van der Waals surface area contributed by atoms with Gasteiger partial charge in [-0.15, -0.1) is 24.0 Å². The van der Waals surface area contributed by atoms with Crippen LogP contribution in [0.2, 0.25) is 0 Å². The number of nitrogens with zero attached hydrogens (tertiary/aromatic N) is 2. The van der Waals surface area contributed by atoms with Crippen LogP contribution in [0.1, 0.15) is 31.9 Å². The lowest BCUT2D eigenvalue weighted by molar-refractivity contribution is 0.219. The summed E-state index contributed by atoms with van der Waals surface area (Å²) in [5.74, 6) is 0.785. The molecule has 0 aliphatic rings. The third kappa shape index (κ3) is 8.78. The van der Waals surface area contributed by atoms with Gasteiger partial charge in [-0.05, 0) is 37.2 Å². The highest BCUT2D eigenvalue weighted by atomic mass is 127. The number of aliphatic imine (C=N–C) groups is 1. The van der Waals surface area contributed by atoms with Gasteiger partial charge in [0, 0.05) is 20.1 Å². The molecule has 0 bridgehead atoms. The molecule has 0 radical (unpaired) electrons. The van der Waals surface area contributed by atoms with Gasteiger partial charge in [0.2, 0.25) is 0 Å². The van der Waals surface area contributed by atoms with Crippen LogP contribution >= 0.6 is 24.0 Å². The second kappa shape index (κ2) is 14.4. The first-order valence-electron chi connectivity index (χ1n) is 10.5. The Morgan fingerprint density at radius 1 is 0.968 bits per heavy atom. The van der Waals surface area contributed by atoms with Crippen molar-refractivity contribution in [2.75, 3.05) is 39.0 Å². The van der Waals surface area contributed by atoms with Gasteiger partial charge in [-0.25, -0.2) is 8.42 Å². The third-order valence-electron chi connectivity index (χ3n) is 5.11. The molecule has 2 rings (SSSR count). The predicted molar refractivity (Wildman–Crippen MR) is 140 cm³/mol. The van der Waals surface area contributed by atoms with Crippen molar-refractivity contribution in [1.29, 1.82) is 0 Å². The van der Waals surface area contributed by atoms with Crippen molar-refractivity contribution in [2.24, 2.45) is 4.99 Å². The van der Waals surface area contributed by atoms with Gasteiger partial charge >= 0.3 is 0 Å². The Balaban J connectivity index is 0.00000480. The van der Waals surface area contributed by atoms with Crippen molar-refractivity contribution in [3.05, 3.63) is 66.2 Å². The fourth-order valence-corrected chi connectivity index (χ4v) is 4.76. The summed E-state index contributed by atoms with van der Waals surface area (Å²) in [7, 11) is -1.52. The van der Waals surface area contributed by atoms with E-state index in [-0.39, 0.29) is 35.8 Å². The molecule has 0 spiro atoms. The molecule has 0 saturated carbocycles. The highest BCUT2D eigenvalue weighted by Crippen LogP contribution is 2.19. The molecule has 2 aromatic carbocycles. The number of benzene rings is 2. The second-order valence-corrected chi connectivity index (χ2v) is 9.12. The Morgan fingerprint density at radius 2 is 1.55 bits per heavy atom. The van der Waals surface area contributed by atoms with Crippen LogP contribution in [-0.2, 0) is 9.84 Å². The molecule has 2 N–H and O–H groups in total. The van der Waals surface area contributed by atoms with Crippen LogP contribution in [0.3, 0.4) is 0 Å². The van der Waals surface area contributed by atoms with Gasteiger partial charge in [0.1, 0.15) is 0 Å². The van der Waals surface area contributed by atoms with Crippen molar-refractivity contribution in [3.8, 4) is 0 Å². The van der Waals surface area contributed by atoms with Crippen LogP contribution in [-0.4, -0.2) is 58.3 Å². The fraction of sp³-hybridized carbons (Fsp3) is 0.435. The maximum Gasteiger partial charge on any atom is 0.191 e. The molecule has 0 amide bonds. The summed E-state index contributed by atoms with van der Waals surface area (Å²) in [6.45, 7) is 7.50. The standard InChI is InChI=1S/C23H34N4O2S.HI/c1-4-27(5-2)22(20-13-8-6-9-14-20)19-26-23(24-3)25-17-12-18-30(28,29)21-15-10-7-11-16-21;/h6-11,13-16,22H,4-5,12,17-19H2,1-3H3,(H2,24,25,26);1H. The van der Waals surface area contributed by atoms with Crippen molar-refractivity contribution >= 4 is 39.8 Å². The number of sulfone groups is 1. The van der Waals surface area contributed by atoms with E-state index in [0.29, 0.717) is 30.4 Å². The number of rotatable bonds is 11. The number of halogens is 1. The lowest BCUT2D eigenvalue weighted by Gasteiger charge is -2.30. The Morgan fingerprint density at radius 3 is 2.10 bits per heavy atom. The molecule has 6 nitrogen and oxygen atoms in total. The zero-order valence-corrected chi connectivity index (χ0v) is 21.8. The Kier molecular flexibility index (Phi) is 12.7. The van der Waals surface area contributed by atoms with Crippen LogP contribution in [0, 0.1) is 0 Å². The molecule has 172 valence electrons. The van der Waals surface area contributed by atoms with Crippen molar-refractivity contribution in [2.45, 2.75) is 31.2 Å². The number of nitrogens with one attached hydrogen (secondary N) is 2. The van der Waals surface area contributed by atoms with Crippen LogP contribution in [0.4, 0.5) is 0 Å². The first-order chi connectivity index (χ1) is 14.5. The van der Waals surface area contributed by atoms with E-state index in [0.717, 1.165) is 13.1 Å². The van der Waals surface area contributed by atoms with E-state index in [4.69, 9.17) is 0 Å². The highest BCUT2D eigenvalue weighted by molar-refractivity contribution is 14.0. The van der Waals surface area contributed by atoms with E-state index in [2.05, 4.69) is 58.6 Å². The van der Waals surface area contributed by atoms with Gasteiger partial charge in [-0.1, -0.05) is 62.4 Å². The molecular weight excluding hydrogens is 523 g/mol. The average molecular weight is 559 g/mol. The van der Waals surface area contributed by atoms with E-state index < -0.39 is 9.84 Å². The van der Waals surface area contributed by atoms with Crippen molar-refractivity contribution < 1.29 is 8.42 Å². The molecule has 0 aliphatic carbocycles. The van der Waals surface area contributed by atoms with E-state index in [1.165, 1.54) is 5.56 Å². The van der Waals surface area contributed by atoms with Crippen LogP contribution in [0.5, 0.6) is 0 Å². The van der Waals surface area contributed by atoms with Gasteiger partial charge in [0.05, 0.1) is 16.7 Å². The summed E-state index contributed by atoms with van der Waals surface area (Å²) >= 11 is 0. The molecule has 8 heteroatoms. The van der Waals surface area contributed by atoms with Gasteiger partial charge in [0.15, 0.2) is 15.8 Å². The molecule has 0 heterocycles. The van der Waals surface area contributed by atoms with Crippen LogP contribution in [0.25, 0.3) is 0 Å². The number of hydrogen-bond acceptors (Lipinski definition) is 4. The van der Waals surface area contributed by atoms with Gasteiger partial charge in [-0.3, -0.25) is 9.89 Å². The Labute approximate surface area is 204 Å². The van der Waals surface area contributed by atoms with E-state index in [1.807, 2.05) is 12.1 Å². The zero-order chi connectivity index (χ0) is 21.8. The molecule has 0 aromatic heterocycles. The first-order valence-corrected chi connectivity index (χ1v) is 12.2. The molecule has 1 unspecified atom stereocenters. The van der Waals surface area contributed by atoms with Crippen LogP contribution in [0.15, 0.2) is 70.6 Å². The smallest absolute Gasteiger partial charge is 0.191 e. The molecule has 0 saturated heterocycles. The molecular formula is C23H35IN4O2S. The van der Waals surface area contributed by atoms with E-state index in [9.17, 15) is 8.42 Å². The highest BCUT2D eigenvalue weighted by Gasteiger charge is 2.18. The van der Waals surface area contributed by atoms with Crippen molar-refractivity contribution in [1.82, 2.24) is 15.5 Å². The summed E-state index contributed by atoms with van der Waals surface area (Å²) in [5.41, 5.74) is 1.26. The van der Waals surface area contributed by atoms with Gasteiger partial charge < -0.3 is 10.6 Å². The molecule has 1 atom stereocenters. The Bertz CT molecular complexity index is 873. The first kappa shape index (κ1) is 27.4. The summed E-state index contributed by atoms with van der Waals surface area (Å²) < 4.78 is 24.8. The number of hydrogen-bond donors (Lipinski definition) is 2. The minimum atomic E-state index is -3.25. The summed E-state index contributed by atoms with van der Waals surface area (Å²) in [6, 6.07) is 19.3. The second-order valence-electron chi connectivity index (χ2n) is 7.01. The summed E-state index contributed by atoms with van der Waals surface area (Å²) in [5, 5.41) is 6.63. The van der Waals surface area contributed by atoms with Crippen molar-refractivity contribution in [3.63, 3.8) is 0 Å². The lowest BCUT2D eigenvalue weighted by atomic mass is 10.1. The molecule has 31 heavy (non-hydrogen) atoms. The monoisotopic (exact) mass is 558 g/mol. The fourth-order valence-electron chi connectivity index (χ4n) is 3.43. The maximum atomic E-state index is 12.4. The minimum absolute atomic E-state index is 0. The normalized spacial score (nSPS) is 12.8. The predicted octanol–water partition coefficient (Wildman–Crippen LogP) is 3.72. The molecule has 0 aliphatic heterocycles.